The van der Waals surface area contributed by atoms with Crippen molar-refractivity contribution >= 4 is 11.0 Å². The van der Waals surface area contributed by atoms with Gasteiger partial charge in [-0.3, -0.25) is 9.88 Å². The zero-order valence-corrected chi connectivity index (χ0v) is 21.1. The predicted octanol–water partition coefficient (Wildman–Crippen LogP) is 6.66. The molecule has 184 valence electrons. The van der Waals surface area contributed by atoms with E-state index in [1.54, 1.807) is 12.4 Å². The van der Waals surface area contributed by atoms with E-state index in [4.69, 9.17) is 4.98 Å². The van der Waals surface area contributed by atoms with Crippen LogP contribution in [0, 0.1) is 17.8 Å². The molecule has 5 heteroatoms. The highest BCUT2D eigenvalue weighted by molar-refractivity contribution is 5.80. The smallest absolute Gasteiger partial charge is 0.161 e. The monoisotopic (exact) mass is 469 g/mol. The molecule has 0 radical (unpaired) electrons. The molecule has 2 aliphatic carbocycles. The molecule has 7 rings (SSSR count). The predicted molar refractivity (Wildman–Crippen MR) is 140 cm³/mol. The van der Waals surface area contributed by atoms with Gasteiger partial charge < -0.3 is 4.57 Å². The van der Waals surface area contributed by atoms with Crippen LogP contribution in [0.2, 0.25) is 0 Å². The fourth-order valence-electron chi connectivity index (χ4n) is 8.54. The quantitative estimate of drug-likeness (QED) is 0.430. The van der Waals surface area contributed by atoms with Crippen molar-refractivity contribution in [2.24, 2.45) is 17.8 Å². The molecule has 1 aromatic carbocycles. The van der Waals surface area contributed by atoms with Crippen molar-refractivity contribution in [3.8, 4) is 11.5 Å². The van der Waals surface area contributed by atoms with Gasteiger partial charge in [-0.15, -0.1) is 0 Å². The summed E-state index contributed by atoms with van der Waals surface area (Å²) in [6.45, 7) is 2.53. The number of fused-ring (bicyclic) bond motifs is 5. The molecule has 4 bridgehead atoms. The van der Waals surface area contributed by atoms with Gasteiger partial charge in [0.15, 0.2) is 5.82 Å². The van der Waals surface area contributed by atoms with Crippen LogP contribution >= 0.6 is 0 Å². The summed E-state index contributed by atoms with van der Waals surface area (Å²) < 4.78 is 2.54. The first-order valence-electron chi connectivity index (χ1n) is 14.3. The SMILES string of the molecule is C[C@@H]1CC[C@H]2C[C@@H](n3c(-c4cnccn4)nc4ccccc43)C[C@@H]1N2[C@@H]1C[C@@H]2CCCC[C@@H](C2)C1. The fraction of sp³-hybridized carbons (Fsp3) is 0.633. The average Bonchev–Trinajstić information content (AvgIpc) is 3.20. The molecule has 35 heavy (non-hydrogen) atoms. The lowest BCUT2D eigenvalue weighted by molar-refractivity contribution is -0.0637. The zero-order valence-electron chi connectivity index (χ0n) is 21.1. The first-order chi connectivity index (χ1) is 17.2. The van der Waals surface area contributed by atoms with E-state index in [0.29, 0.717) is 18.1 Å². The Balaban J connectivity index is 1.24. The maximum atomic E-state index is 5.08. The summed E-state index contributed by atoms with van der Waals surface area (Å²) in [6.07, 6.45) is 21.0. The lowest BCUT2D eigenvalue weighted by Crippen LogP contribution is -2.60. The summed E-state index contributed by atoms with van der Waals surface area (Å²) in [6, 6.07) is 11.3. The van der Waals surface area contributed by atoms with Crippen LogP contribution in [0.5, 0.6) is 0 Å². The summed E-state index contributed by atoms with van der Waals surface area (Å²) >= 11 is 0. The molecule has 2 saturated carbocycles. The van der Waals surface area contributed by atoms with Gasteiger partial charge in [-0.2, -0.15) is 0 Å². The Labute approximate surface area is 209 Å². The molecule has 0 spiro atoms. The number of imidazole rings is 1. The second-order valence-corrected chi connectivity index (χ2v) is 12.1. The highest BCUT2D eigenvalue weighted by Gasteiger charge is 2.47. The maximum Gasteiger partial charge on any atom is 0.161 e. The lowest BCUT2D eigenvalue weighted by atomic mass is 9.71. The molecule has 4 aliphatic rings. The molecule has 2 aliphatic heterocycles. The standard InChI is InChI=1S/C30H39N5/c1-20-10-11-23-17-25(18-29(20)34(23)24-15-21-6-2-3-7-22(14-21)16-24)35-28-9-5-4-8-26(28)33-30(35)27-19-31-12-13-32-27/h4-5,8-9,12-13,19-25,29H,2-3,6-7,10-11,14-18H2,1H3/t20-,21-,22+,23+,24-,25-,29+/m1/s1. The van der Waals surface area contributed by atoms with Crippen LogP contribution in [0.25, 0.3) is 22.6 Å². The van der Waals surface area contributed by atoms with Crippen molar-refractivity contribution in [1.82, 2.24) is 24.4 Å². The van der Waals surface area contributed by atoms with E-state index in [0.717, 1.165) is 40.8 Å². The van der Waals surface area contributed by atoms with Crippen LogP contribution in [-0.4, -0.2) is 42.5 Å². The number of aromatic nitrogens is 4. The van der Waals surface area contributed by atoms with Gasteiger partial charge in [-0.25, -0.2) is 9.97 Å². The Morgan fingerprint density at radius 2 is 1.63 bits per heavy atom. The Bertz CT molecular complexity index is 1160. The van der Waals surface area contributed by atoms with Gasteiger partial charge in [-0.05, 0) is 74.8 Å². The number of rotatable bonds is 3. The molecule has 2 saturated heterocycles. The van der Waals surface area contributed by atoms with Gasteiger partial charge in [0.1, 0.15) is 5.69 Å². The third-order valence-electron chi connectivity index (χ3n) is 10.0. The van der Waals surface area contributed by atoms with E-state index in [2.05, 4.69) is 50.6 Å². The maximum absolute atomic E-state index is 5.08. The Kier molecular flexibility index (Phi) is 5.64. The van der Waals surface area contributed by atoms with Gasteiger partial charge in [-0.1, -0.05) is 44.7 Å². The largest absolute Gasteiger partial charge is 0.319 e. The first-order valence-corrected chi connectivity index (χ1v) is 14.3. The summed E-state index contributed by atoms with van der Waals surface area (Å²) in [5, 5.41) is 0. The van der Waals surface area contributed by atoms with Gasteiger partial charge in [0.25, 0.3) is 0 Å². The topological polar surface area (TPSA) is 46.8 Å². The van der Waals surface area contributed by atoms with Crippen molar-refractivity contribution in [2.45, 2.75) is 102 Å². The number of piperidine rings is 2. The third kappa shape index (κ3) is 3.91. The summed E-state index contributed by atoms with van der Waals surface area (Å²) in [5.74, 6) is 3.73. The Morgan fingerprint density at radius 1 is 0.800 bits per heavy atom. The zero-order chi connectivity index (χ0) is 23.4. The van der Waals surface area contributed by atoms with E-state index in [-0.39, 0.29) is 0 Å². The number of nitrogens with zero attached hydrogens (tertiary/aromatic N) is 5. The van der Waals surface area contributed by atoms with Crippen molar-refractivity contribution < 1.29 is 0 Å². The van der Waals surface area contributed by atoms with E-state index in [9.17, 15) is 0 Å². The second-order valence-electron chi connectivity index (χ2n) is 12.1. The molecule has 0 N–H and O–H groups in total. The van der Waals surface area contributed by atoms with Crippen LogP contribution in [-0.2, 0) is 0 Å². The summed E-state index contributed by atoms with van der Waals surface area (Å²) in [7, 11) is 0. The fourth-order valence-corrected chi connectivity index (χ4v) is 8.54. The minimum absolute atomic E-state index is 0.472. The van der Waals surface area contributed by atoms with Crippen LogP contribution in [0.15, 0.2) is 42.9 Å². The molecule has 7 atom stereocenters. The Morgan fingerprint density at radius 3 is 2.43 bits per heavy atom. The highest BCUT2D eigenvalue weighted by Crippen LogP contribution is 2.49. The Hall–Kier alpha value is -2.27. The lowest BCUT2D eigenvalue weighted by Gasteiger charge is -2.56. The molecule has 3 aromatic rings. The van der Waals surface area contributed by atoms with Crippen molar-refractivity contribution in [2.75, 3.05) is 0 Å². The average molecular weight is 470 g/mol. The second kappa shape index (κ2) is 8.99. The van der Waals surface area contributed by atoms with Crippen LogP contribution < -0.4 is 0 Å². The molecule has 4 fully saturated rings. The van der Waals surface area contributed by atoms with Crippen molar-refractivity contribution in [1.29, 1.82) is 0 Å². The van der Waals surface area contributed by atoms with E-state index in [1.165, 1.54) is 76.1 Å². The molecule has 0 amide bonds. The summed E-state index contributed by atoms with van der Waals surface area (Å²) in [5.41, 5.74) is 3.21. The third-order valence-corrected chi connectivity index (χ3v) is 10.0. The van der Waals surface area contributed by atoms with Crippen LogP contribution in [0.1, 0.15) is 83.6 Å². The minimum atomic E-state index is 0.472. The number of hydrogen-bond acceptors (Lipinski definition) is 4. The summed E-state index contributed by atoms with van der Waals surface area (Å²) in [4.78, 5) is 17.2. The van der Waals surface area contributed by atoms with Crippen molar-refractivity contribution in [3.05, 3.63) is 42.9 Å². The molecule has 2 aromatic heterocycles. The molecular weight excluding hydrogens is 430 g/mol. The number of hydrogen-bond donors (Lipinski definition) is 0. The first kappa shape index (κ1) is 22.0. The number of para-hydroxylation sites is 2. The van der Waals surface area contributed by atoms with Crippen molar-refractivity contribution in [3.63, 3.8) is 0 Å². The van der Waals surface area contributed by atoms with Crippen LogP contribution in [0.3, 0.4) is 0 Å². The molecule has 0 unspecified atom stereocenters. The number of benzene rings is 1. The minimum Gasteiger partial charge on any atom is -0.319 e. The van der Waals surface area contributed by atoms with Gasteiger partial charge in [0, 0.05) is 36.6 Å². The van der Waals surface area contributed by atoms with Crippen LogP contribution in [0.4, 0.5) is 0 Å². The van der Waals surface area contributed by atoms with E-state index >= 15 is 0 Å². The molecular formula is C30H39N5. The van der Waals surface area contributed by atoms with E-state index in [1.807, 2.05) is 6.20 Å². The van der Waals surface area contributed by atoms with E-state index < -0.39 is 0 Å². The highest BCUT2D eigenvalue weighted by atomic mass is 15.3. The molecule has 5 nitrogen and oxygen atoms in total. The normalized spacial score (nSPS) is 35.6. The van der Waals surface area contributed by atoms with Gasteiger partial charge in [0.05, 0.1) is 17.2 Å². The van der Waals surface area contributed by atoms with Gasteiger partial charge >= 0.3 is 0 Å². The van der Waals surface area contributed by atoms with Gasteiger partial charge in [0.2, 0.25) is 0 Å². The molecule has 4 heterocycles.